The number of hydrogen-bond donors (Lipinski definition) is 1. The fourth-order valence-corrected chi connectivity index (χ4v) is 5.00. The van der Waals surface area contributed by atoms with E-state index in [1.165, 1.54) is 0 Å². The Labute approximate surface area is 169 Å². The van der Waals surface area contributed by atoms with Crippen molar-refractivity contribution >= 4 is 9.84 Å². The van der Waals surface area contributed by atoms with E-state index in [1.807, 2.05) is 34.9 Å². The molecule has 0 aliphatic carbocycles. The Balaban J connectivity index is 1.44. The van der Waals surface area contributed by atoms with Gasteiger partial charge >= 0.3 is 0 Å². The van der Waals surface area contributed by atoms with E-state index in [-0.39, 0.29) is 17.4 Å². The van der Waals surface area contributed by atoms with Crippen LogP contribution in [0.15, 0.2) is 47.2 Å². The predicted octanol–water partition coefficient (Wildman–Crippen LogP) is 2.43. The predicted molar refractivity (Wildman–Crippen MR) is 108 cm³/mol. The smallest absolute Gasteiger partial charge is 0.167 e. The molecular weight excluding hydrogens is 390 g/mol. The van der Waals surface area contributed by atoms with E-state index in [1.54, 1.807) is 19.3 Å². The van der Waals surface area contributed by atoms with E-state index < -0.39 is 15.9 Å². The maximum atomic E-state index is 11.5. The second-order valence-electron chi connectivity index (χ2n) is 7.22. The summed E-state index contributed by atoms with van der Waals surface area (Å²) in [6.07, 6.45) is 3.39. The van der Waals surface area contributed by atoms with Crippen molar-refractivity contribution in [2.24, 2.45) is 5.92 Å². The summed E-state index contributed by atoms with van der Waals surface area (Å²) in [5.74, 6) is 7.65. The molecule has 0 saturated carbocycles. The van der Waals surface area contributed by atoms with E-state index in [4.69, 9.17) is 4.52 Å². The molecule has 1 unspecified atom stereocenters. The lowest BCUT2D eigenvalue weighted by Crippen LogP contribution is -2.07. The molecule has 29 heavy (non-hydrogen) atoms. The number of aliphatic hydroxyl groups excluding tert-OH is 1. The first-order valence-corrected chi connectivity index (χ1v) is 11.2. The quantitative estimate of drug-likeness (QED) is 0.662. The molecule has 2 atom stereocenters. The summed E-state index contributed by atoms with van der Waals surface area (Å²) in [6, 6.07) is 9.43. The van der Waals surface area contributed by atoms with Gasteiger partial charge in [0.2, 0.25) is 0 Å². The maximum Gasteiger partial charge on any atom is 0.167 e. The SMILES string of the molecule is C[C@H](O)c1nccn1Cc1cc(-c2ccc(C#CC3CCS(=O)(=O)C3)cc2)on1. The normalized spacial score (nSPS) is 18.9. The Morgan fingerprint density at radius 1 is 1.34 bits per heavy atom. The third kappa shape index (κ3) is 4.58. The van der Waals surface area contributed by atoms with E-state index in [0.717, 1.165) is 16.8 Å². The fraction of sp³-hybridized carbons (Fsp3) is 0.333. The number of sulfone groups is 1. The van der Waals surface area contributed by atoms with Gasteiger partial charge in [-0.25, -0.2) is 13.4 Å². The molecule has 1 fully saturated rings. The number of aliphatic hydroxyl groups is 1. The van der Waals surface area contributed by atoms with Crippen LogP contribution < -0.4 is 0 Å². The molecule has 0 spiro atoms. The van der Waals surface area contributed by atoms with Crippen LogP contribution in [0.5, 0.6) is 0 Å². The Hall–Kier alpha value is -2.89. The molecule has 7 nitrogen and oxygen atoms in total. The number of hydrogen-bond acceptors (Lipinski definition) is 6. The Morgan fingerprint density at radius 2 is 2.14 bits per heavy atom. The second-order valence-corrected chi connectivity index (χ2v) is 9.45. The summed E-state index contributed by atoms with van der Waals surface area (Å²) in [4.78, 5) is 4.15. The Morgan fingerprint density at radius 3 is 2.83 bits per heavy atom. The maximum absolute atomic E-state index is 11.5. The van der Waals surface area contributed by atoms with Crippen molar-refractivity contribution in [3.63, 3.8) is 0 Å². The molecule has 3 aromatic rings. The van der Waals surface area contributed by atoms with Gasteiger partial charge in [-0.2, -0.15) is 0 Å². The third-order valence-corrected chi connectivity index (χ3v) is 6.60. The third-order valence-electron chi connectivity index (χ3n) is 4.84. The van der Waals surface area contributed by atoms with Gasteiger partial charge in [-0.15, -0.1) is 0 Å². The molecule has 1 saturated heterocycles. The lowest BCUT2D eigenvalue weighted by atomic mass is 10.1. The Kier molecular flexibility index (Phi) is 5.26. The molecule has 1 aliphatic rings. The number of imidazole rings is 1. The fourth-order valence-electron chi connectivity index (χ4n) is 3.33. The van der Waals surface area contributed by atoms with Crippen LogP contribution in [0.25, 0.3) is 11.3 Å². The number of rotatable bonds is 4. The highest BCUT2D eigenvalue weighted by atomic mass is 32.2. The van der Waals surface area contributed by atoms with E-state index in [9.17, 15) is 13.5 Å². The lowest BCUT2D eigenvalue weighted by Gasteiger charge is -2.07. The summed E-state index contributed by atoms with van der Waals surface area (Å²) in [5.41, 5.74) is 2.43. The molecule has 1 N–H and O–H groups in total. The zero-order valence-electron chi connectivity index (χ0n) is 15.9. The minimum Gasteiger partial charge on any atom is -0.385 e. The van der Waals surface area contributed by atoms with Crippen molar-refractivity contribution in [3.05, 3.63) is 59.8 Å². The van der Waals surface area contributed by atoms with Gasteiger partial charge in [0.15, 0.2) is 15.6 Å². The molecular formula is C21H21N3O4S. The summed E-state index contributed by atoms with van der Waals surface area (Å²) < 4.78 is 30.3. The average molecular weight is 411 g/mol. The van der Waals surface area contributed by atoms with Crippen LogP contribution in [-0.4, -0.2) is 39.7 Å². The topological polar surface area (TPSA) is 98.2 Å². The largest absolute Gasteiger partial charge is 0.385 e. The highest BCUT2D eigenvalue weighted by Crippen LogP contribution is 2.22. The minimum absolute atomic E-state index is 0.0776. The first-order valence-electron chi connectivity index (χ1n) is 9.37. The van der Waals surface area contributed by atoms with Crippen LogP contribution in [-0.2, 0) is 16.4 Å². The van der Waals surface area contributed by atoms with Crippen molar-refractivity contribution in [2.75, 3.05) is 11.5 Å². The standard InChI is InChI=1S/C21H21N3O4S/c1-15(25)21-22-9-10-24(21)13-19-12-20(28-23-19)18-6-4-16(5-7-18)2-3-17-8-11-29(26,27)14-17/h4-7,9-10,12,15,17,25H,8,11,13-14H2,1H3/t15-,17?/m0/s1. The molecule has 4 rings (SSSR count). The number of aromatic nitrogens is 3. The molecule has 3 heterocycles. The van der Waals surface area contributed by atoms with E-state index in [0.29, 0.717) is 24.6 Å². The van der Waals surface area contributed by atoms with Gasteiger partial charge in [0.05, 0.1) is 18.1 Å². The van der Waals surface area contributed by atoms with Crippen molar-refractivity contribution < 1.29 is 18.0 Å². The monoisotopic (exact) mass is 411 g/mol. The van der Waals surface area contributed by atoms with Crippen molar-refractivity contribution in [3.8, 4) is 23.2 Å². The van der Waals surface area contributed by atoms with Crippen molar-refractivity contribution in [1.82, 2.24) is 14.7 Å². The van der Waals surface area contributed by atoms with Crippen LogP contribution >= 0.6 is 0 Å². The number of nitrogens with zero attached hydrogens (tertiary/aromatic N) is 3. The van der Waals surface area contributed by atoms with Crippen molar-refractivity contribution in [1.29, 1.82) is 0 Å². The van der Waals surface area contributed by atoms with Gasteiger partial charge in [-0.3, -0.25) is 0 Å². The molecule has 150 valence electrons. The van der Waals surface area contributed by atoms with Gasteiger partial charge in [0.25, 0.3) is 0 Å². The summed E-state index contributed by atoms with van der Waals surface area (Å²) >= 11 is 0. The molecule has 1 aliphatic heterocycles. The lowest BCUT2D eigenvalue weighted by molar-refractivity contribution is 0.184. The minimum atomic E-state index is -2.91. The zero-order valence-corrected chi connectivity index (χ0v) is 16.8. The van der Waals surface area contributed by atoms with Crippen molar-refractivity contribution in [2.45, 2.75) is 26.0 Å². The van der Waals surface area contributed by atoms with E-state index >= 15 is 0 Å². The van der Waals surface area contributed by atoms with Crippen LogP contribution in [0.2, 0.25) is 0 Å². The molecule has 2 aromatic heterocycles. The van der Waals surface area contributed by atoms with Gasteiger partial charge < -0.3 is 14.2 Å². The highest BCUT2D eigenvalue weighted by Gasteiger charge is 2.26. The molecule has 0 bridgehead atoms. The van der Waals surface area contributed by atoms with Crippen LogP contribution in [0.4, 0.5) is 0 Å². The first-order chi connectivity index (χ1) is 13.9. The van der Waals surface area contributed by atoms with E-state index in [2.05, 4.69) is 22.0 Å². The van der Waals surface area contributed by atoms with Gasteiger partial charge in [0.1, 0.15) is 17.6 Å². The highest BCUT2D eigenvalue weighted by molar-refractivity contribution is 7.91. The first kappa shape index (κ1) is 19.4. The average Bonchev–Trinajstić information content (AvgIpc) is 3.41. The second kappa shape index (κ2) is 7.85. The van der Waals surface area contributed by atoms with Crippen LogP contribution in [0, 0.1) is 17.8 Å². The zero-order chi connectivity index (χ0) is 20.4. The van der Waals surface area contributed by atoms with Crippen LogP contribution in [0.1, 0.15) is 36.5 Å². The van der Waals surface area contributed by atoms with Gasteiger partial charge in [-0.1, -0.05) is 17.0 Å². The van der Waals surface area contributed by atoms with Crippen LogP contribution in [0.3, 0.4) is 0 Å². The molecule has 1 aromatic carbocycles. The van der Waals surface area contributed by atoms with Gasteiger partial charge in [0, 0.05) is 35.5 Å². The Bertz CT molecular complexity index is 1160. The summed E-state index contributed by atoms with van der Waals surface area (Å²) in [7, 11) is -2.91. The van der Waals surface area contributed by atoms with Gasteiger partial charge in [-0.05, 0) is 37.6 Å². The molecule has 8 heteroatoms. The summed E-state index contributed by atoms with van der Waals surface area (Å²) in [6.45, 7) is 2.13. The number of benzene rings is 1. The molecule has 0 amide bonds. The molecule has 0 radical (unpaired) electrons. The summed E-state index contributed by atoms with van der Waals surface area (Å²) in [5, 5.41) is 13.9.